The Morgan fingerprint density at radius 1 is 1.24 bits per heavy atom. The zero-order valence-electron chi connectivity index (χ0n) is 11.3. The van der Waals surface area contributed by atoms with Crippen LogP contribution in [0.25, 0.3) is 0 Å². The van der Waals surface area contributed by atoms with Crippen LogP contribution in [0, 0.1) is 0 Å². The van der Waals surface area contributed by atoms with Gasteiger partial charge in [0.25, 0.3) is 0 Å². The van der Waals surface area contributed by atoms with Crippen molar-refractivity contribution in [1.29, 1.82) is 0 Å². The maximum Gasteiger partial charge on any atom is 0.204 e. The summed E-state index contributed by atoms with van der Waals surface area (Å²) in [6, 6.07) is 11.7. The number of halogens is 2. The molecule has 1 unspecified atom stereocenters. The van der Waals surface area contributed by atoms with Gasteiger partial charge in [-0.25, -0.2) is 0 Å². The zero-order valence-corrected chi connectivity index (χ0v) is 12.9. The summed E-state index contributed by atoms with van der Waals surface area (Å²) < 4.78 is 5.61. The van der Waals surface area contributed by atoms with Crippen molar-refractivity contribution in [2.45, 2.75) is 19.6 Å². The van der Waals surface area contributed by atoms with Crippen LogP contribution in [-0.2, 0) is 6.61 Å². The van der Waals surface area contributed by atoms with E-state index < -0.39 is 6.10 Å². The largest absolute Gasteiger partial charge is 0.483 e. The SMILES string of the molecule is CC(Oc1cccc(CO)c1)C(=O)c1ccc(Cl)cc1Cl. The molecule has 0 heterocycles. The lowest BCUT2D eigenvalue weighted by molar-refractivity contribution is 0.0818. The minimum Gasteiger partial charge on any atom is -0.483 e. The van der Waals surface area contributed by atoms with Gasteiger partial charge in [-0.1, -0.05) is 35.3 Å². The maximum absolute atomic E-state index is 12.3. The van der Waals surface area contributed by atoms with Crippen molar-refractivity contribution in [2.24, 2.45) is 0 Å². The number of Topliss-reactive ketones (excluding diaryl/α,β-unsaturated/α-hetero) is 1. The minimum atomic E-state index is -0.697. The molecule has 0 saturated heterocycles. The van der Waals surface area contributed by atoms with E-state index >= 15 is 0 Å². The molecule has 2 rings (SSSR count). The minimum absolute atomic E-state index is 0.0808. The first-order valence-electron chi connectivity index (χ1n) is 6.37. The highest BCUT2D eigenvalue weighted by molar-refractivity contribution is 6.37. The molecule has 0 aliphatic carbocycles. The van der Waals surface area contributed by atoms with Crippen molar-refractivity contribution in [1.82, 2.24) is 0 Å². The summed E-state index contributed by atoms with van der Waals surface area (Å²) in [5.74, 6) is 0.290. The number of rotatable bonds is 5. The molecule has 5 heteroatoms. The van der Waals surface area contributed by atoms with Gasteiger partial charge < -0.3 is 9.84 Å². The summed E-state index contributed by atoms with van der Waals surface area (Å²) in [7, 11) is 0. The smallest absolute Gasteiger partial charge is 0.204 e. The quantitative estimate of drug-likeness (QED) is 0.841. The number of carbonyl (C=O) groups excluding carboxylic acids is 1. The second-order valence-corrected chi connectivity index (χ2v) is 5.40. The Labute approximate surface area is 133 Å². The third kappa shape index (κ3) is 3.97. The van der Waals surface area contributed by atoms with Gasteiger partial charge in [-0.3, -0.25) is 4.79 Å². The van der Waals surface area contributed by atoms with Crippen LogP contribution in [0.5, 0.6) is 5.75 Å². The van der Waals surface area contributed by atoms with Gasteiger partial charge in [0.1, 0.15) is 5.75 Å². The number of aliphatic hydroxyl groups is 1. The molecule has 1 atom stereocenters. The van der Waals surface area contributed by atoms with Crippen LogP contribution < -0.4 is 4.74 Å². The van der Waals surface area contributed by atoms with Gasteiger partial charge in [0, 0.05) is 10.6 Å². The molecule has 2 aromatic rings. The lowest BCUT2D eigenvalue weighted by Gasteiger charge is -2.15. The predicted octanol–water partition coefficient (Wildman–Crippen LogP) is 4.14. The fourth-order valence-electron chi connectivity index (χ4n) is 1.88. The van der Waals surface area contributed by atoms with Gasteiger partial charge in [-0.15, -0.1) is 0 Å². The van der Waals surface area contributed by atoms with E-state index in [1.54, 1.807) is 43.3 Å². The third-order valence-corrected chi connectivity index (χ3v) is 3.51. The molecular weight excluding hydrogens is 311 g/mol. The fourth-order valence-corrected chi connectivity index (χ4v) is 2.38. The lowest BCUT2D eigenvalue weighted by Crippen LogP contribution is -2.24. The average molecular weight is 325 g/mol. The van der Waals surface area contributed by atoms with Gasteiger partial charge in [-0.2, -0.15) is 0 Å². The molecule has 2 aromatic carbocycles. The van der Waals surface area contributed by atoms with E-state index in [2.05, 4.69) is 0 Å². The average Bonchev–Trinajstić information content (AvgIpc) is 2.46. The fraction of sp³-hybridized carbons (Fsp3) is 0.188. The summed E-state index contributed by atoms with van der Waals surface area (Å²) in [6.07, 6.45) is -0.697. The second-order valence-electron chi connectivity index (χ2n) is 4.55. The number of ketones is 1. The van der Waals surface area contributed by atoms with E-state index in [0.717, 1.165) is 5.56 Å². The Bertz CT molecular complexity index is 656. The molecule has 0 aliphatic heterocycles. The van der Waals surface area contributed by atoms with E-state index in [1.165, 1.54) is 6.07 Å². The van der Waals surface area contributed by atoms with Crippen LogP contribution in [0.15, 0.2) is 42.5 Å². The maximum atomic E-state index is 12.3. The van der Waals surface area contributed by atoms with Gasteiger partial charge in [0.05, 0.1) is 11.6 Å². The van der Waals surface area contributed by atoms with Crippen LogP contribution >= 0.6 is 23.2 Å². The zero-order chi connectivity index (χ0) is 15.4. The van der Waals surface area contributed by atoms with Crippen LogP contribution in [-0.4, -0.2) is 17.0 Å². The first-order chi connectivity index (χ1) is 10.0. The molecular formula is C16H14Cl2O3. The van der Waals surface area contributed by atoms with Crippen LogP contribution in [0.1, 0.15) is 22.8 Å². The van der Waals surface area contributed by atoms with Gasteiger partial charge >= 0.3 is 0 Å². The topological polar surface area (TPSA) is 46.5 Å². The molecule has 0 fully saturated rings. The van der Waals surface area contributed by atoms with E-state index in [-0.39, 0.29) is 12.4 Å². The van der Waals surface area contributed by atoms with Crippen molar-refractivity contribution in [2.75, 3.05) is 0 Å². The molecule has 21 heavy (non-hydrogen) atoms. The van der Waals surface area contributed by atoms with Crippen molar-refractivity contribution in [3.05, 3.63) is 63.6 Å². The Morgan fingerprint density at radius 2 is 2.00 bits per heavy atom. The van der Waals surface area contributed by atoms with E-state index in [4.69, 9.17) is 33.0 Å². The molecule has 0 spiro atoms. The Hall–Kier alpha value is -1.55. The van der Waals surface area contributed by atoms with Crippen LogP contribution in [0.2, 0.25) is 10.0 Å². The number of hydrogen-bond donors (Lipinski definition) is 1. The predicted molar refractivity (Wildman–Crippen MR) is 83.2 cm³/mol. The number of benzene rings is 2. The summed E-state index contributed by atoms with van der Waals surface area (Å²) in [6.45, 7) is 1.57. The third-order valence-electron chi connectivity index (χ3n) is 2.96. The van der Waals surface area contributed by atoms with E-state index in [1.807, 2.05) is 0 Å². The molecule has 0 amide bonds. The van der Waals surface area contributed by atoms with Crippen molar-refractivity contribution < 1.29 is 14.6 Å². The van der Waals surface area contributed by atoms with Gasteiger partial charge in [0.2, 0.25) is 5.78 Å². The van der Waals surface area contributed by atoms with Crippen LogP contribution in [0.3, 0.4) is 0 Å². The normalized spacial score (nSPS) is 12.0. The number of hydrogen-bond acceptors (Lipinski definition) is 3. The number of aliphatic hydroxyl groups excluding tert-OH is 1. The standard InChI is InChI=1S/C16H14Cl2O3/c1-10(21-13-4-2-3-11(7-13)9-19)16(20)14-6-5-12(17)8-15(14)18/h2-8,10,19H,9H2,1H3. The Kier molecular flexibility index (Phi) is 5.23. The van der Waals surface area contributed by atoms with Crippen molar-refractivity contribution in [3.8, 4) is 5.75 Å². The van der Waals surface area contributed by atoms with E-state index in [9.17, 15) is 4.79 Å². The Balaban J connectivity index is 2.15. The first-order valence-corrected chi connectivity index (χ1v) is 7.12. The van der Waals surface area contributed by atoms with Crippen molar-refractivity contribution >= 4 is 29.0 Å². The van der Waals surface area contributed by atoms with Gasteiger partial charge in [-0.05, 0) is 42.8 Å². The molecule has 0 saturated carbocycles. The Morgan fingerprint density at radius 3 is 2.67 bits per heavy atom. The summed E-state index contributed by atoms with van der Waals surface area (Å²) in [5.41, 5.74) is 1.09. The summed E-state index contributed by atoms with van der Waals surface area (Å²) in [4.78, 5) is 12.3. The summed E-state index contributed by atoms with van der Waals surface area (Å²) in [5, 5.41) is 9.86. The molecule has 0 radical (unpaired) electrons. The molecule has 0 aliphatic rings. The molecule has 0 aromatic heterocycles. The lowest BCUT2D eigenvalue weighted by atomic mass is 10.1. The molecule has 0 bridgehead atoms. The van der Waals surface area contributed by atoms with Crippen LogP contribution in [0.4, 0.5) is 0 Å². The molecule has 110 valence electrons. The number of ether oxygens (including phenoxy) is 1. The highest BCUT2D eigenvalue weighted by Crippen LogP contribution is 2.23. The highest BCUT2D eigenvalue weighted by Gasteiger charge is 2.19. The second kappa shape index (κ2) is 6.94. The number of carbonyl (C=O) groups is 1. The summed E-state index contributed by atoms with van der Waals surface area (Å²) >= 11 is 11.8. The monoisotopic (exact) mass is 324 g/mol. The van der Waals surface area contributed by atoms with Gasteiger partial charge in [0.15, 0.2) is 6.10 Å². The molecule has 3 nitrogen and oxygen atoms in total. The van der Waals surface area contributed by atoms with E-state index in [0.29, 0.717) is 21.4 Å². The van der Waals surface area contributed by atoms with Crippen molar-refractivity contribution in [3.63, 3.8) is 0 Å². The first kappa shape index (κ1) is 15.8. The molecule has 1 N–H and O–H groups in total. The highest BCUT2D eigenvalue weighted by atomic mass is 35.5.